The van der Waals surface area contributed by atoms with E-state index >= 15 is 0 Å². The van der Waals surface area contributed by atoms with E-state index in [-0.39, 0.29) is 10.6 Å². The minimum Gasteiger partial charge on any atom is -0.399 e. The maximum absolute atomic E-state index is 13.8. The highest BCUT2D eigenvalue weighted by molar-refractivity contribution is 7.99. The lowest BCUT2D eigenvalue weighted by Gasteiger charge is -2.09. The second-order valence-corrected chi connectivity index (χ2v) is 5.30. The zero-order valence-electron chi connectivity index (χ0n) is 10.9. The molecule has 1 aromatic heterocycles. The lowest BCUT2D eigenvalue weighted by atomic mass is 10.2. The first-order chi connectivity index (χ1) is 9.42. The lowest BCUT2D eigenvalue weighted by Crippen LogP contribution is -1.97. The average molecular weight is 291 g/mol. The summed E-state index contributed by atoms with van der Waals surface area (Å²) in [5.41, 5.74) is 6.93. The van der Waals surface area contributed by atoms with Gasteiger partial charge in [0, 0.05) is 16.3 Å². The largest absolute Gasteiger partial charge is 0.399 e. The summed E-state index contributed by atoms with van der Waals surface area (Å²) < 4.78 is 27.6. The Morgan fingerprint density at radius 2 is 1.80 bits per heavy atom. The number of pyridine rings is 1. The average Bonchev–Trinajstić information content (AvgIpc) is 2.33. The summed E-state index contributed by atoms with van der Waals surface area (Å²) in [6, 6.07) is 5.75. The summed E-state index contributed by atoms with van der Waals surface area (Å²) in [5, 5.41) is 9.14. The Labute approximate surface area is 119 Å². The minimum atomic E-state index is -0.747. The molecular formula is C14H11F2N3S. The molecule has 0 aliphatic rings. The Bertz CT molecular complexity index is 700. The molecule has 1 heterocycles. The van der Waals surface area contributed by atoms with Crippen molar-refractivity contribution >= 4 is 17.4 Å². The van der Waals surface area contributed by atoms with Crippen molar-refractivity contribution in [3.05, 3.63) is 46.8 Å². The van der Waals surface area contributed by atoms with E-state index in [1.165, 1.54) is 0 Å². The van der Waals surface area contributed by atoms with Crippen molar-refractivity contribution in [3.63, 3.8) is 0 Å². The highest BCUT2D eigenvalue weighted by atomic mass is 32.2. The Morgan fingerprint density at radius 1 is 1.20 bits per heavy atom. The van der Waals surface area contributed by atoms with Crippen LogP contribution in [0.2, 0.25) is 0 Å². The van der Waals surface area contributed by atoms with Crippen LogP contribution in [-0.2, 0) is 0 Å². The second kappa shape index (κ2) is 5.47. The van der Waals surface area contributed by atoms with Crippen molar-refractivity contribution in [1.29, 1.82) is 5.26 Å². The molecule has 102 valence electrons. The number of hydrogen-bond donors (Lipinski definition) is 1. The van der Waals surface area contributed by atoms with Crippen molar-refractivity contribution in [3.8, 4) is 6.07 Å². The van der Waals surface area contributed by atoms with Gasteiger partial charge in [-0.2, -0.15) is 5.26 Å². The number of nitriles is 1. The van der Waals surface area contributed by atoms with Gasteiger partial charge in [-0.05, 0) is 32.0 Å². The van der Waals surface area contributed by atoms with E-state index in [9.17, 15) is 8.78 Å². The Morgan fingerprint density at radius 3 is 2.35 bits per heavy atom. The van der Waals surface area contributed by atoms with Gasteiger partial charge in [-0.15, -0.1) is 0 Å². The van der Waals surface area contributed by atoms with Crippen LogP contribution in [0.4, 0.5) is 14.5 Å². The van der Waals surface area contributed by atoms with Crippen LogP contribution in [0.25, 0.3) is 0 Å². The molecule has 0 fully saturated rings. The van der Waals surface area contributed by atoms with Gasteiger partial charge in [-0.3, -0.25) is 4.98 Å². The molecule has 0 unspecified atom stereocenters. The monoisotopic (exact) mass is 291 g/mol. The van der Waals surface area contributed by atoms with Crippen molar-refractivity contribution < 1.29 is 8.78 Å². The molecule has 0 saturated carbocycles. The first-order valence-electron chi connectivity index (χ1n) is 5.73. The zero-order chi connectivity index (χ0) is 14.9. The number of rotatable bonds is 2. The van der Waals surface area contributed by atoms with E-state index in [2.05, 4.69) is 4.98 Å². The van der Waals surface area contributed by atoms with Gasteiger partial charge < -0.3 is 5.73 Å². The molecule has 3 nitrogen and oxygen atoms in total. The van der Waals surface area contributed by atoms with Gasteiger partial charge in [0.25, 0.3) is 0 Å². The van der Waals surface area contributed by atoms with E-state index in [4.69, 9.17) is 11.0 Å². The lowest BCUT2D eigenvalue weighted by molar-refractivity contribution is 0.542. The standard InChI is InChI=1S/C14H11F2N3S/c1-7-3-13(10(6-17)8(2)19-7)20-14-11(15)4-9(18)5-12(14)16/h3-5H,18H2,1-2H3. The molecular weight excluding hydrogens is 280 g/mol. The molecule has 2 rings (SSSR count). The summed E-state index contributed by atoms with van der Waals surface area (Å²) in [7, 11) is 0. The van der Waals surface area contributed by atoms with Crippen LogP contribution in [-0.4, -0.2) is 4.98 Å². The minimum absolute atomic E-state index is 0.0203. The molecule has 20 heavy (non-hydrogen) atoms. The third-order valence-electron chi connectivity index (χ3n) is 2.64. The van der Waals surface area contributed by atoms with E-state index in [1.807, 2.05) is 6.07 Å². The normalized spacial score (nSPS) is 10.3. The number of anilines is 1. The number of aromatic nitrogens is 1. The summed E-state index contributed by atoms with van der Waals surface area (Å²) in [5.74, 6) is -1.49. The van der Waals surface area contributed by atoms with E-state index in [0.29, 0.717) is 21.8 Å². The molecule has 0 bridgehead atoms. The summed E-state index contributed by atoms with van der Waals surface area (Å²) in [4.78, 5) is 4.45. The Balaban J connectivity index is 2.54. The molecule has 2 aromatic rings. The van der Waals surface area contributed by atoms with Crippen LogP contribution in [0.1, 0.15) is 17.0 Å². The topological polar surface area (TPSA) is 62.7 Å². The number of aryl methyl sites for hydroxylation is 2. The molecule has 0 amide bonds. The quantitative estimate of drug-likeness (QED) is 0.859. The van der Waals surface area contributed by atoms with Gasteiger partial charge in [-0.1, -0.05) is 11.8 Å². The predicted molar refractivity (Wildman–Crippen MR) is 73.3 cm³/mol. The smallest absolute Gasteiger partial charge is 0.142 e. The van der Waals surface area contributed by atoms with Gasteiger partial charge >= 0.3 is 0 Å². The number of hydrogen-bond acceptors (Lipinski definition) is 4. The molecule has 0 saturated heterocycles. The number of halogens is 2. The van der Waals surface area contributed by atoms with Crippen molar-refractivity contribution in [2.45, 2.75) is 23.6 Å². The molecule has 1 aromatic carbocycles. The van der Waals surface area contributed by atoms with Crippen molar-refractivity contribution in [2.24, 2.45) is 0 Å². The summed E-state index contributed by atoms with van der Waals surface area (Å²) in [6.07, 6.45) is 0. The van der Waals surface area contributed by atoms with Crippen LogP contribution in [0.5, 0.6) is 0 Å². The van der Waals surface area contributed by atoms with Crippen LogP contribution in [0, 0.1) is 36.8 Å². The Kier molecular flexibility index (Phi) is 3.91. The van der Waals surface area contributed by atoms with Gasteiger partial charge in [-0.25, -0.2) is 8.78 Å². The van der Waals surface area contributed by atoms with Crippen molar-refractivity contribution in [1.82, 2.24) is 4.98 Å². The van der Waals surface area contributed by atoms with Crippen LogP contribution in [0.3, 0.4) is 0 Å². The number of nitrogen functional groups attached to an aromatic ring is 1. The van der Waals surface area contributed by atoms with Crippen molar-refractivity contribution in [2.75, 3.05) is 5.73 Å². The van der Waals surface area contributed by atoms with Gasteiger partial charge in [0.1, 0.15) is 17.7 Å². The SMILES string of the molecule is Cc1cc(Sc2c(F)cc(N)cc2F)c(C#N)c(C)n1. The zero-order valence-corrected chi connectivity index (χ0v) is 11.7. The summed E-state index contributed by atoms with van der Waals surface area (Å²) >= 11 is 0.861. The number of nitrogens with zero attached hydrogens (tertiary/aromatic N) is 2. The van der Waals surface area contributed by atoms with E-state index < -0.39 is 11.6 Å². The highest BCUT2D eigenvalue weighted by Gasteiger charge is 2.16. The first-order valence-corrected chi connectivity index (χ1v) is 6.54. The van der Waals surface area contributed by atoms with Gasteiger partial charge in [0.05, 0.1) is 16.2 Å². The fourth-order valence-corrected chi connectivity index (χ4v) is 2.85. The van der Waals surface area contributed by atoms with Gasteiger partial charge in [0.2, 0.25) is 0 Å². The molecule has 0 spiro atoms. The maximum Gasteiger partial charge on any atom is 0.142 e. The molecule has 0 radical (unpaired) electrons. The third-order valence-corrected chi connectivity index (χ3v) is 3.77. The molecule has 2 N–H and O–H groups in total. The second-order valence-electron chi connectivity index (χ2n) is 4.25. The first kappa shape index (κ1) is 14.3. The maximum atomic E-state index is 13.8. The van der Waals surface area contributed by atoms with Crippen LogP contribution in [0.15, 0.2) is 28.0 Å². The number of nitrogens with two attached hydrogens (primary N) is 1. The van der Waals surface area contributed by atoms with E-state index in [1.54, 1.807) is 19.9 Å². The third kappa shape index (κ3) is 2.73. The van der Waals surface area contributed by atoms with E-state index in [0.717, 1.165) is 23.9 Å². The fourth-order valence-electron chi connectivity index (χ4n) is 1.80. The highest BCUT2D eigenvalue weighted by Crippen LogP contribution is 2.35. The predicted octanol–water partition coefficient (Wildman–Crippen LogP) is 3.58. The molecule has 6 heteroatoms. The molecule has 0 atom stereocenters. The number of benzene rings is 1. The van der Waals surface area contributed by atoms with Crippen LogP contribution < -0.4 is 5.73 Å². The molecule has 0 aliphatic carbocycles. The van der Waals surface area contributed by atoms with Crippen LogP contribution >= 0.6 is 11.8 Å². The fraction of sp³-hybridized carbons (Fsp3) is 0.143. The van der Waals surface area contributed by atoms with Gasteiger partial charge in [0.15, 0.2) is 0 Å². The molecule has 0 aliphatic heterocycles. The summed E-state index contributed by atoms with van der Waals surface area (Å²) in [6.45, 7) is 3.44. The Hall–Kier alpha value is -2.13.